The Hall–Kier alpha value is -0.950. The van der Waals surface area contributed by atoms with E-state index in [1.807, 2.05) is 11.9 Å². The van der Waals surface area contributed by atoms with Crippen LogP contribution in [0.4, 0.5) is 5.95 Å². The highest BCUT2D eigenvalue weighted by molar-refractivity contribution is 9.11. The van der Waals surface area contributed by atoms with E-state index < -0.39 is 0 Å². The average Bonchev–Trinajstić information content (AvgIpc) is 2.75. The largest absolute Gasteiger partial charge is 0.337 e. The molecule has 0 saturated carbocycles. The third kappa shape index (κ3) is 2.10. The van der Waals surface area contributed by atoms with Crippen molar-refractivity contribution >= 4 is 33.2 Å². The van der Waals surface area contributed by atoms with Crippen LogP contribution in [-0.2, 0) is 6.54 Å². The molecule has 14 heavy (non-hydrogen) atoms. The van der Waals surface area contributed by atoms with E-state index in [9.17, 15) is 0 Å². The maximum Gasteiger partial charge on any atom is 0.265 e. The number of hydrogen-bond acceptors (Lipinski definition) is 5. The van der Waals surface area contributed by atoms with Gasteiger partial charge < -0.3 is 4.90 Å². The van der Waals surface area contributed by atoms with Gasteiger partial charge in [-0.05, 0) is 38.2 Å². The van der Waals surface area contributed by atoms with Crippen LogP contribution in [-0.4, -0.2) is 27.7 Å². The van der Waals surface area contributed by atoms with Crippen LogP contribution >= 0.6 is 27.3 Å². The van der Waals surface area contributed by atoms with Crippen molar-refractivity contribution in [3.05, 3.63) is 20.8 Å². The fourth-order valence-electron chi connectivity index (χ4n) is 1.09. The van der Waals surface area contributed by atoms with E-state index in [0.29, 0.717) is 5.95 Å². The number of thiophene rings is 1. The van der Waals surface area contributed by atoms with Crippen LogP contribution in [0.25, 0.3) is 0 Å². The lowest BCUT2D eigenvalue weighted by Gasteiger charge is -2.12. The van der Waals surface area contributed by atoms with Gasteiger partial charge in [-0.3, -0.25) is 0 Å². The number of hydrogen-bond donors (Lipinski definition) is 1. The molecule has 0 amide bonds. The fourth-order valence-corrected chi connectivity index (χ4v) is 2.29. The van der Waals surface area contributed by atoms with Crippen molar-refractivity contribution in [2.45, 2.75) is 6.54 Å². The molecule has 0 aliphatic carbocycles. The predicted molar refractivity (Wildman–Crippen MR) is 58.3 cm³/mol. The molecule has 0 saturated heterocycles. The molecule has 7 heteroatoms. The normalized spacial score (nSPS) is 10.4. The SMILES string of the molecule is CN(Cc1csc(Br)c1)c1nn[nH]n1. The number of tetrazole rings is 1. The summed E-state index contributed by atoms with van der Waals surface area (Å²) in [6, 6.07) is 2.08. The van der Waals surface area contributed by atoms with E-state index in [1.165, 1.54) is 5.56 Å². The summed E-state index contributed by atoms with van der Waals surface area (Å²) < 4.78 is 1.13. The van der Waals surface area contributed by atoms with Crippen molar-refractivity contribution in [1.82, 2.24) is 20.6 Å². The van der Waals surface area contributed by atoms with Crippen LogP contribution in [0.2, 0.25) is 0 Å². The van der Waals surface area contributed by atoms with Crippen molar-refractivity contribution in [2.24, 2.45) is 0 Å². The molecule has 74 valence electrons. The second-order valence-electron chi connectivity index (χ2n) is 2.83. The van der Waals surface area contributed by atoms with E-state index in [2.05, 4.69) is 48.0 Å². The highest BCUT2D eigenvalue weighted by Crippen LogP contribution is 2.21. The van der Waals surface area contributed by atoms with E-state index in [1.54, 1.807) is 11.3 Å². The maximum absolute atomic E-state index is 3.89. The van der Waals surface area contributed by atoms with E-state index in [4.69, 9.17) is 0 Å². The number of rotatable bonds is 3. The molecule has 1 N–H and O–H groups in total. The predicted octanol–water partition coefficient (Wildman–Crippen LogP) is 1.66. The lowest BCUT2D eigenvalue weighted by molar-refractivity contribution is 0.873. The number of anilines is 1. The zero-order valence-electron chi connectivity index (χ0n) is 7.44. The standard InChI is InChI=1S/C7H8BrN5S/c1-13(7-9-11-12-10-7)3-5-2-6(8)14-4-5/h2,4H,3H2,1H3,(H,9,10,11,12). The molecular weight excluding hydrogens is 266 g/mol. The van der Waals surface area contributed by atoms with Crippen LogP contribution in [0.1, 0.15) is 5.56 Å². The minimum absolute atomic E-state index is 0.604. The van der Waals surface area contributed by atoms with Crippen LogP contribution in [0, 0.1) is 0 Å². The zero-order valence-corrected chi connectivity index (χ0v) is 9.84. The number of nitrogens with zero attached hydrogens (tertiary/aromatic N) is 4. The number of H-pyrrole nitrogens is 1. The molecule has 0 aliphatic rings. The Kier molecular flexibility index (Phi) is 2.78. The number of halogens is 1. The summed E-state index contributed by atoms with van der Waals surface area (Å²) in [5.74, 6) is 0.604. The minimum atomic E-state index is 0.604. The summed E-state index contributed by atoms with van der Waals surface area (Å²) in [5, 5.41) is 15.8. The molecule has 0 aromatic carbocycles. The van der Waals surface area contributed by atoms with Gasteiger partial charge in [0.2, 0.25) is 0 Å². The lowest BCUT2D eigenvalue weighted by Crippen LogP contribution is -2.17. The minimum Gasteiger partial charge on any atom is -0.337 e. The molecule has 2 aromatic heterocycles. The molecule has 0 atom stereocenters. The molecule has 0 spiro atoms. The molecule has 0 radical (unpaired) electrons. The Morgan fingerprint density at radius 2 is 2.50 bits per heavy atom. The van der Waals surface area contributed by atoms with Gasteiger partial charge in [0.05, 0.1) is 3.79 Å². The second-order valence-corrected chi connectivity index (χ2v) is 5.12. The van der Waals surface area contributed by atoms with Gasteiger partial charge in [0.1, 0.15) is 0 Å². The topological polar surface area (TPSA) is 57.7 Å². The summed E-state index contributed by atoms with van der Waals surface area (Å²) in [5.41, 5.74) is 1.23. The van der Waals surface area contributed by atoms with E-state index >= 15 is 0 Å². The van der Waals surface area contributed by atoms with Gasteiger partial charge in [-0.1, -0.05) is 5.10 Å². The molecule has 0 aliphatic heterocycles. The number of aromatic nitrogens is 4. The first kappa shape index (κ1) is 9.60. The second kappa shape index (κ2) is 4.05. The number of aromatic amines is 1. The highest BCUT2D eigenvalue weighted by Gasteiger charge is 2.06. The Balaban J connectivity index is 2.05. The molecule has 0 bridgehead atoms. The zero-order chi connectivity index (χ0) is 9.97. The summed E-state index contributed by atoms with van der Waals surface area (Å²) in [6.07, 6.45) is 0. The van der Waals surface area contributed by atoms with Gasteiger partial charge in [-0.15, -0.1) is 16.4 Å². The third-order valence-electron chi connectivity index (χ3n) is 1.72. The Morgan fingerprint density at radius 1 is 1.64 bits per heavy atom. The van der Waals surface area contributed by atoms with Crippen molar-refractivity contribution in [2.75, 3.05) is 11.9 Å². The molecule has 2 rings (SSSR count). The van der Waals surface area contributed by atoms with Crippen LogP contribution in [0.5, 0.6) is 0 Å². The molecule has 0 fully saturated rings. The quantitative estimate of drug-likeness (QED) is 0.924. The van der Waals surface area contributed by atoms with Gasteiger partial charge in [0.25, 0.3) is 5.95 Å². The molecular formula is C7H8BrN5S. The van der Waals surface area contributed by atoms with Gasteiger partial charge in [0, 0.05) is 13.6 Å². The smallest absolute Gasteiger partial charge is 0.265 e. The lowest BCUT2D eigenvalue weighted by atomic mass is 10.3. The summed E-state index contributed by atoms with van der Waals surface area (Å²) in [4.78, 5) is 1.93. The van der Waals surface area contributed by atoms with Crippen molar-refractivity contribution in [1.29, 1.82) is 0 Å². The molecule has 2 aromatic rings. The first-order valence-electron chi connectivity index (χ1n) is 3.93. The van der Waals surface area contributed by atoms with Gasteiger partial charge in [0.15, 0.2) is 0 Å². The van der Waals surface area contributed by atoms with Gasteiger partial charge in [-0.2, -0.15) is 5.21 Å². The third-order valence-corrected chi connectivity index (χ3v) is 3.27. The Morgan fingerprint density at radius 3 is 3.07 bits per heavy atom. The number of nitrogens with one attached hydrogen (secondary N) is 1. The van der Waals surface area contributed by atoms with Crippen molar-refractivity contribution in [3.63, 3.8) is 0 Å². The molecule has 2 heterocycles. The van der Waals surface area contributed by atoms with Gasteiger partial charge in [-0.25, -0.2) is 0 Å². The summed E-state index contributed by atoms with van der Waals surface area (Å²) >= 11 is 5.09. The fraction of sp³-hybridized carbons (Fsp3) is 0.286. The highest BCUT2D eigenvalue weighted by atomic mass is 79.9. The van der Waals surface area contributed by atoms with Crippen LogP contribution in [0.15, 0.2) is 15.2 Å². The van der Waals surface area contributed by atoms with E-state index in [-0.39, 0.29) is 0 Å². The maximum atomic E-state index is 3.89. The average molecular weight is 274 g/mol. The van der Waals surface area contributed by atoms with Crippen LogP contribution < -0.4 is 4.90 Å². The monoisotopic (exact) mass is 273 g/mol. The van der Waals surface area contributed by atoms with Crippen LogP contribution in [0.3, 0.4) is 0 Å². The Labute approximate surface area is 93.3 Å². The molecule has 0 unspecified atom stereocenters. The summed E-state index contributed by atoms with van der Waals surface area (Å²) in [7, 11) is 1.93. The van der Waals surface area contributed by atoms with Crippen molar-refractivity contribution in [3.8, 4) is 0 Å². The first-order valence-corrected chi connectivity index (χ1v) is 5.60. The first-order chi connectivity index (χ1) is 6.75. The van der Waals surface area contributed by atoms with Gasteiger partial charge >= 0.3 is 0 Å². The summed E-state index contributed by atoms with van der Waals surface area (Å²) in [6.45, 7) is 0.779. The Bertz CT molecular complexity index is 398. The van der Waals surface area contributed by atoms with E-state index in [0.717, 1.165) is 10.3 Å². The van der Waals surface area contributed by atoms with Crippen molar-refractivity contribution < 1.29 is 0 Å². The molecule has 5 nitrogen and oxygen atoms in total.